The van der Waals surface area contributed by atoms with Crippen molar-refractivity contribution in [1.29, 1.82) is 0 Å². The van der Waals surface area contributed by atoms with Crippen molar-refractivity contribution in [2.75, 3.05) is 18.0 Å². The normalized spacial score (nSPS) is 16.1. The molecule has 0 heterocycles. The van der Waals surface area contributed by atoms with Gasteiger partial charge in [-0.2, -0.15) is 0 Å². The van der Waals surface area contributed by atoms with Gasteiger partial charge in [0.15, 0.2) is 0 Å². The number of carboxylic acid groups (broad SMARTS) is 1. The summed E-state index contributed by atoms with van der Waals surface area (Å²) in [5.41, 5.74) is 3.72. The molecule has 0 saturated carbocycles. The molecule has 0 amide bonds. The first-order valence-electron chi connectivity index (χ1n) is 6.83. The van der Waals surface area contributed by atoms with Gasteiger partial charge >= 0.3 is 5.97 Å². The minimum atomic E-state index is -0.790. The van der Waals surface area contributed by atoms with Crippen molar-refractivity contribution in [3.8, 4) is 0 Å². The highest BCUT2D eigenvalue weighted by Crippen LogP contribution is 2.36. The van der Waals surface area contributed by atoms with Crippen molar-refractivity contribution in [1.82, 2.24) is 0 Å². The maximum Gasteiger partial charge on any atom is 0.323 e. The van der Waals surface area contributed by atoms with Crippen molar-refractivity contribution < 1.29 is 9.90 Å². The predicted molar refractivity (Wildman–Crippen MR) is 79.2 cm³/mol. The molecule has 1 aliphatic rings. The van der Waals surface area contributed by atoms with Gasteiger partial charge < -0.3 is 10.0 Å². The molecule has 2 aromatic carbocycles. The molecule has 2 aromatic rings. The third-order valence-electron chi connectivity index (χ3n) is 3.85. The Balaban J connectivity index is 1.77. The minimum absolute atomic E-state index is 0.0443. The van der Waals surface area contributed by atoms with Crippen molar-refractivity contribution >= 4 is 11.7 Å². The van der Waals surface area contributed by atoms with E-state index in [1.807, 2.05) is 35.2 Å². The summed E-state index contributed by atoms with van der Waals surface area (Å²) >= 11 is 0. The van der Waals surface area contributed by atoms with E-state index in [-0.39, 0.29) is 6.54 Å². The number of fused-ring (bicyclic) bond motifs is 1. The molecule has 0 aliphatic heterocycles. The van der Waals surface area contributed by atoms with E-state index < -0.39 is 5.97 Å². The van der Waals surface area contributed by atoms with E-state index in [0.717, 1.165) is 18.7 Å². The van der Waals surface area contributed by atoms with Crippen LogP contribution in [0.4, 0.5) is 5.69 Å². The second-order valence-electron chi connectivity index (χ2n) is 5.21. The zero-order valence-electron chi connectivity index (χ0n) is 11.2. The zero-order valence-corrected chi connectivity index (χ0v) is 11.2. The maximum absolute atomic E-state index is 11.1. The summed E-state index contributed by atoms with van der Waals surface area (Å²) in [4.78, 5) is 13.0. The summed E-state index contributed by atoms with van der Waals surface area (Å²) in [5.74, 6) is -0.354. The Morgan fingerprint density at radius 3 is 2.50 bits per heavy atom. The average molecular weight is 267 g/mol. The van der Waals surface area contributed by atoms with Gasteiger partial charge in [0.05, 0.1) is 0 Å². The fourth-order valence-electron chi connectivity index (χ4n) is 2.85. The lowest BCUT2D eigenvalue weighted by molar-refractivity contribution is -0.135. The monoisotopic (exact) mass is 267 g/mol. The van der Waals surface area contributed by atoms with Gasteiger partial charge in [0.2, 0.25) is 0 Å². The first kappa shape index (κ1) is 12.7. The Hall–Kier alpha value is -2.29. The van der Waals surface area contributed by atoms with Crippen LogP contribution in [0.3, 0.4) is 0 Å². The molecule has 0 spiro atoms. The molecular weight excluding hydrogens is 250 g/mol. The largest absolute Gasteiger partial charge is 0.480 e. The van der Waals surface area contributed by atoms with Gasteiger partial charge in [-0.15, -0.1) is 0 Å². The molecule has 1 atom stereocenters. The van der Waals surface area contributed by atoms with E-state index in [2.05, 4.69) is 24.3 Å². The summed E-state index contributed by atoms with van der Waals surface area (Å²) in [5, 5.41) is 9.10. The van der Waals surface area contributed by atoms with Crippen LogP contribution in [-0.4, -0.2) is 24.2 Å². The first-order valence-corrected chi connectivity index (χ1v) is 6.83. The van der Waals surface area contributed by atoms with Crippen LogP contribution in [-0.2, 0) is 11.2 Å². The zero-order chi connectivity index (χ0) is 13.9. The number of carboxylic acids is 1. The summed E-state index contributed by atoms with van der Waals surface area (Å²) in [6.45, 7) is 0.802. The lowest BCUT2D eigenvalue weighted by Gasteiger charge is -2.35. The number of nitrogens with zero attached hydrogens (tertiary/aromatic N) is 1. The third-order valence-corrected chi connectivity index (χ3v) is 3.85. The highest BCUT2D eigenvalue weighted by molar-refractivity contribution is 5.73. The lowest BCUT2D eigenvalue weighted by atomic mass is 9.77. The molecule has 20 heavy (non-hydrogen) atoms. The Bertz CT molecular complexity index is 609. The fourth-order valence-corrected chi connectivity index (χ4v) is 2.85. The van der Waals surface area contributed by atoms with Crippen LogP contribution < -0.4 is 4.90 Å². The van der Waals surface area contributed by atoms with Gasteiger partial charge in [0.25, 0.3) is 0 Å². The lowest BCUT2D eigenvalue weighted by Crippen LogP contribution is -2.36. The van der Waals surface area contributed by atoms with Gasteiger partial charge in [-0.25, -0.2) is 0 Å². The number of anilines is 1. The third kappa shape index (κ3) is 2.52. The molecule has 0 radical (unpaired) electrons. The van der Waals surface area contributed by atoms with E-state index in [0.29, 0.717) is 5.92 Å². The van der Waals surface area contributed by atoms with Gasteiger partial charge in [0.1, 0.15) is 6.54 Å². The molecule has 1 N–H and O–H groups in total. The number of hydrogen-bond acceptors (Lipinski definition) is 2. The molecule has 0 fully saturated rings. The van der Waals surface area contributed by atoms with Crippen molar-refractivity contribution in [3.05, 3.63) is 65.7 Å². The molecule has 0 aromatic heterocycles. The number of benzene rings is 2. The van der Waals surface area contributed by atoms with Gasteiger partial charge in [-0.1, -0.05) is 42.5 Å². The van der Waals surface area contributed by atoms with E-state index in [9.17, 15) is 4.79 Å². The molecule has 1 unspecified atom stereocenters. The number of aliphatic carboxylic acids is 1. The molecule has 0 saturated heterocycles. The highest BCUT2D eigenvalue weighted by atomic mass is 16.4. The van der Waals surface area contributed by atoms with Crippen molar-refractivity contribution in [2.24, 2.45) is 0 Å². The molecular formula is C17H17NO2. The molecule has 0 bridgehead atoms. The SMILES string of the molecule is O=C(O)CN(CC1Cc2ccccc21)c1ccccc1. The Morgan fingerprint density at radius 2 is 1.80 bits per heavy atom. The minimum Gasteiger partial charge on any atom is -0.480 e. The van der Waals surface area contributed by atoms with Crippen LogP contribution in [0.25, 0.3) is 0 Å². The van der Waals surface area contributed by atoms with E-state index >= 15 is 0 Å². The number of hydrogen-bond donors (Lipinski definition) is 1. The Morgan fingerprint density at radius 1 is 1.10 bits per heavy atom. The molecule has 3 nitrogen and oxygen atoms in total. The summed E-state index contributed by atoms with van der Waals surface area (Å²) in [6.07, 6.45) is 1.04. The van der Waals surface area contributed by atoms with Crippen molar-refractivity contribution in [3.63, 3.8) is 0 Å². The number of carbonyl (C=O) groups is 1. The van der Waals surface area contributed by atoms with Gasteiger partial charge in [0, 0.05) is 18.2 Å². The Labute approximate surface area is 118 Å². The fraction of sp³-hybridized carbons (Fsp3) is 0.235. The number of rotatable bonds is 5. The topological polar surface area (TPSA) is 40.5 Å². The average Bonchev–Trinajstić information content (AvgIpc) is 2.44. The van der Waals surface area contributed by atoms with Crippen LogP contribution in [0.15, 0.2) is 54.6 Å². The second kappa shape index (κ2) is 5.37. The summed E-state index contributed by atoms with van der Waals surface area (Å²) in [7, 11) is 0. The molecule has 102 valence electrons. The van der Waals surface area contributed by atoms with Gasteiger partial charge in [-0.3, -0.25) is 4.79 Å². The van der Waals surface area contributed by atoms with Crippen molar-refractivity contribution in [2.45, 2.75) is 12.3 Å². The smallest absolute Gasteiger partial charge is 0.323 e. The van der Waals surface area contributed by atoms with Crippen LogP contribution in [0.5, 0.6) is 0 Å². The second-order valence-corrected chi connectivity index (χ2v) is 5.21. The van der Waals surface area contributed by atoms with E-state index in [4.69, 9.17) is 5.11 Å². The van der Waals surface area contributed by atoms with Crippen LogP contribution in [0, 0.1) is 0 Å². The molecule has 1 aliphatic carbocycles. The van der Waals surface area contributed by atoms with Crippen LogP contribution in [0.2, 0.25) is 0 Å². The quantitative estimate of drug-likeness (QED) is 0.905. The standard InChI is InChI=1S/C17H17NO2/c19-17(20)12-18(15-7-2-1-3-8-15)11-14-10-13-6-4-5-9-16(13)14/h1-9,14H,10-12H2,(H,19,20). The Kier molecular flexibility index (Phi) is 3.42. The maximum atomic E-state index is 11.1. The van der Waals surface area contributed by atoms with Gasteiger partial charge in [-0.05, 0) is 29.7 Å². The first-order chi connectivity index (χ1) is 9.74. The summed E-state index contributed by atoms with van der Waals surface area (Å²) in [6, 6.07) is 18.2. The highest BCUT2D eigenvalue weighted by Gasteiger charge is 2.27. The molecule has 3 heteroatoms. The number of para-hydroxylation sites is 1. The van der Waals surface area contributed by atoms with Crippen LogP contribution >= 0.6 is 0 Å². The summed E-state index contributed by atoms with van der Waals surface area (Å²) < 4.78 is 0. The van der Waals surface area contributed by atoms with E-state index in [1.54, 1.807) is 0 Å². The van der Waals surface area contributed by atoms with Crippen LogP contribution in [0.1, 0.15) is 17.0 Å². The van der Waals surface area contributed by atoms with E-state index in [1.165, 1.54) is 11.1 Å². The predicted octanol–water partition coefficient (Wildman–Crippen LogP) is 2.92. The molecule has 3 rings (SSSR count).